The summed E-state index contributed by atoms with van der Waals surface area (Å²) in [6, 6.07) is 3.82. The first kappa shape index (κ1) is 31.5. The van der Waals surface area contributed by atoms with Gasteiger partial charge < -0.3 is 24.7 Å². The zero-order valence-electron chi connectivity index (χ0n) is 19.6. The lowest BCUT2D eigenvalue weighted by molar-refractivity contribution is -0.164. The van der Waals surface area contributed by atoms with Crippen LogP contribution in [0.5, 0.6) is 0 Å². The van der Waals surface area contributed by atoms with Gasteiger partial charge in [-0.05, 0) is 37.2 Å². The summed E-state index contributed by atoms with van der Waals surface area (Å²) in [5, 5.41) is 4.33. The molecule has 0 aliphatic carbocycles. The summed E-state index contributed by atoms with van der Waals surface area (Å²) >= 11 is 31.9. The quantitative estimate of drug-likeness (QED) is 0.186. The van der Waals surface area contributed by atoms with Crippen molar-refractivity contribution in [3.05, 3.63) is 29.8 Å². The van der Waals surface area contributed by atoms with E-state index < -0.39 is 77.9 Å². The van der Waals surface area contributed by atoms with Crippen molar-refractivity contribution in [2.45, 2.75) is 43.6 Å². The fourth-order valence-corrected chi connectivity index (χ4v) is 6.19. The first-order valence-electron chi connectivity index (χ1n) is 10.8. The number of carbonyl (C=O) groups is 4. The van der Waals surface area contributed by atoms with Crippen molar-refractivity contribution in [1.29, 1.82) is 0 Å². The van der Waals surface area contributed by atoms with Crippen LogP contribution in [0.15, 0.2) is 24.3 Å². The Morgan fingerprint density at radius 1 is 1.05 bits per heavy atom. The van der Waals surface area contributed by atoms with Gasteiger partial charge in [-0.15, -0.1) is 0 Å². The van der Waals surface area contributed by atoms with Crippen LogP contribution in [0.2, 0.25) is 0 Å². The fourth-order valence-electron chi connectivity index (χ4n) is 3.95. The summed E-state index contributed by atoms with van der Waals surface area (Å²) in [5.41, 5.74) is 0.330. The monoisotopic (exact) mass is 669 g/mol. The molecule has 2 heterocycles. The van der Waals surface area contributed by atoms with E-state index in [1.165, 1.54) is 26.0 Å². The second-order valence-electron chi connectivity index (χ2n) is 8.80. The summed E-state index contributed by atoms with van der Waals surface area (Å²) in [6.07, 6.45) is 0. The molecule has 3 unspecified atom stereocenters. The molecular weight excluding hydrogens is 651 g/mol. The van der Waals surface area contributed by atoms with Crippen molar-refractivity contribution < 1.29 is 33.2 Å². The third-order valence-corrected chi connectivity index (χ3v) is 8.48. The normalized spacial score (nSPS) is 24.2. The van der Waals surface area contributed by atoms with Crippen LogP contribution in [0.25, 0.3) is 0 Å². The molecule has 2 saturated heterocycles. The fraction of sp³-hybridized carbons (Fsp3) is 0.524. The summed E-state index contributed by atoms with van der Waals surface area (Å²) in [4.78, 5) is 51.7. The number of halogens is 6. The molecule has 0 spiro atoms. The largest absolute Gasteiger partial charge is 0.614 e. The van der Waals surface area contributed by atoms with Gasteiger partial charge in [0.1, 0.15) is 13.2 Å². The zero-order valence-corrected chi connectivity index (χ0v) is 25.0. The Kier molecular flexibility index (Phi) is 9.79. The number of para-hydroxylation sites is 1. The Morgan fingerprint density at radius 3 is 2.24 bits per heavy atom. The average molecular weight is 672 g/mol. The smallest absolute Gasteiger partial charge is 0.340 e. The van der Waals surface area contributed by atoms with Crippen molar-refractivity contribution in [2.75, 3.05) is 25.1 Å². The maximum Gasteiger partial charge on any atom is 0.340 e. The molecule has 4 atom stereocenters. The number of β-lactam (4-membered cyclic amide) rings is 1. The van der Waals surface area contributed by atoms with Gasteiger partial charge in [-0.3, -0.25) is 14.5 Å². The van der Waals surface area contributed by atoms with Gasteiger partial charge in [0.15, 0.2) is 16.8 Å². The van der Waals surface area contributed by atoms with E-state index in [-0.39, 0.29) is 17.8 Å². The molecule has 2 aliphatic heterocycles. The van der Waals surface area contributed by atoms with Gasteiger partial charge in [0.05, 0.1) is 12.1 Å². The highest BCUT2D eigenvalue weighted by Crippen LogP contribution is 2.46. The number of fused-ring (bicyclic) bond motifs is 1. The van der Waals surface area contributed by atoms with E-state index in [0.717, 1.165) is 4.90 Å². The molecule has 38 heavy (non-hydrogen) atoms. The molecule has 2 fully saturated rings. The lowest BCUT2D eigenvalue weighted by atomic mass is 9.96. The maximum absolute atomic E-state index is 13.2. The number of nitrogens with zero attached hydrogens (tertiary/aromatic N) is 1. The molecule has 2 amide bonds. The molecule has 3 rings (SSSR count). The third kappa shape index (κ3) is 7.17. The number of ether oxygens (including phenoxy) is 2. The number of carbonyl (C=O) groups excluding carboxylic acids is 4. The van der Waals surface area contributed by atoms with E-state index in [0.29, 0.717) is 0 Å². The molecule has 0 bridgehead atoms. The zero-order chi connectivity index (χ0) is 28.6. The van der Waals surface area contributed by atoms with Gasteiger partial charge in [0.2, 0.25) is 18.9 Å². The van der Waals surface area contributed by atoms with Gasteiger partial charge in [-0.1, -0.05) is 81.7 Å². The molecule has 10 nitrogen and oxygen atoms in total. The lowest BCUT2D eigenvalue weighted by Crippen LogP contribution is -2.72. The first-order chi connectivity index (χ1) is 17.4. The van der Waals surface area contributed by atoms with Crippen molar-refractivity contribution >= 4 is 110 Å². The topological polar surface area (TPSA) is 137 Å². The van der Waals surface area contributed by atoms with Gasteiger partial charge in [0.25, 0.3) is 5.91 Å². The Balaban J connectivity index is 1.62. The SMILES string of the molecule is CC1(C)C(C(=O)OCC(Cl)(Cl)Cl)N2C(=O)C(NC(=O)CNc3ccccc3C(=O)OCC(Cl)(Cl)Cl)[C@H]2[S+]1[O-]. The predicted octanol–water partition coefficient (Wildman–Crippen LogP) is 3.10. The van der Waals surface area contributed by atoms with Crippen LogP contribution in [-0.2, 0) is 35.0 Å². The minimum absolute atomic E-state index is 0.0790. The number of nitrogens with one attached hydrogen (secondary N) is 2. The van der Waals surface area contributed by atoms with E-state index in [9.17, 15) is 23.7 Å². The van der Waals surface area contributed by atoms with E-state index in [2.05, 4.69) is 10.6 Å². The summed E-state index contributed by atoms with van der Waals surface area (Å²) in [5.74, 6) is -2.92. The molecule has 2 N–H and O–H groups in total. The molecule has 17 heteroatoms. The molecular formula is C21H21Cl6N3O7S. The third-order valence-electron chi connectivity index (χ3n) is 5.63. The number of amides is 2. The van der Waals surface area contributed by atoms with Gasteiger partial charge >= 0.3 is 11.9 Å². The van der Waals surface area contributed by atoms with Crippen molar-refractivity contribution in [1.82, 2.24) is 10.2 Å². The maximum atomic E-state index is 13.2. The molecule has 0 radical (unpaired) electrons. The second kappa shape index (κ2) is 11.8. The number of benzene rings is 1. The lowest BCUT2D eigenvalue weighted by Gasteiger charge is -2.41. The number of hydrogen-bond donors (Lipinski definition) is 2. The highest BCUT2D eigenvalue weighted by molar-refractivity contribution is 7.94. The molecule has 1 aromatic carbocycles. The minimum Gasteiger partial charge on any atom is -0.614 e. The highest BCUT2D eigenvalue weighted by Gasteiger charge is 2.73. The molecule has 210 valence electrons. The van der Waals surface area contributed by atoms with E-state index >= 15 is 0 Å². The van der Waals surface area contributed by atoms with Crippen molar-refractivity contribution in [3.63, 3.8) is 0 Å². The van der Waals surface area contributed by atoms with Crippen LogP contribution in [0, 0.1) is 0 Å². The number of rotatable bonds is 8. The highest BCUT2D eigenvalue weighted by atomic mass is 35.6. The van der Waals surface area contributed by atoms with Gasteiger partial charge in [-0.2, -0.15) is 0 Å². The summed E-state index contributed by atoms with van der Waals surface area (Å²) in [6.45, 7) is 1.67. The van der Waals surface area contributed by atoms with Crippen LogP contribution in [0.4, 0.5) is 5.69 Å². The second-order valence-corrected chi connectivity index (χ2v) is 16.0. The number of hydrogen-bond acceptors (Lipinski definition) is 8. The summed E-state index contributed by atoms with van der Waals surface area (Å²) < 4.78 is 18.3. The first-order valence-corrected chi connectivity index (χ1v) is 14.2. The van der Waals surface area contributed by atoms with Crippen LogP contribution in [-0.4, -0.2) is 82.8 Å². The van der Waals surface area contributed by atoms with Crippen molar-refractivity contribution in [2.24, 2.45) is 0 Å². The standard InChI is InChI=1S/C21H21Cl6N3O7S/c1-19(2)14(18(34)37-9-21(25,26)27)30-15(32)13(16(30)38(19)35)29-12(31)7-28-11-6-4-3-5-10(11)17(33)36-8-20(22,23)24/h3-6,13-14,16,28H,7-9H2,1-2H3,(H,29,31)/t13?,14?,16-,38?/m1/s1. The van der Waals surface area contributed by atoms with E-state index in [1.807, 2.05) is 0 Å². The van der Waals surface area contributed by atoms with Crippen LogP contribution in [0.1, 0.15) is 24.2 Å². The van der Waals surface area contributed by atoms with Crippen LogP contribution >= 0.6 is 69.6 Å². The molecule has 0 aromatic heterocycles. The predicted molar refractivity (Wildman–Crippen MR) is 145 cm³/mol. The minimum atomic E-state index is -1.86. The number of esters is 2. The Labute approximate surface area is 251 Å². The Hall–Kier alpha value is -1.05. The van der Waals surface area contributed by atoms with Crippen LogP contribution < -0.4 is 10.6 Å². The van der Waals surface area contributed by atoms with E-state index in [4.69, 9.17) is 79.1 Å². The van der Waals surface area contributed by atoms with Gasteiger partial charge in [0, 0.05) is 5.69 Å². The average Bonchev–Trinajstić information content (AvgIpc) is 3.00. The number of anilines is 1. The molecule has 2 aliphatic rings. The van der Waals surface area contributed by atoms with E-state index in [1.54, 1.807) is 12.1 Å². The Morgan fingerprint density at radius 2 is 1.63 bits per heavy atom. The van der Waals surface area contributed by atoms with Gasteiger partial charge in [-0.25, -0.2) is 9.59 Å². The molecule has 0 saturated carbocycles. The number of alkyl halides is 6. The molecule has 1 aromatic rings. The van der Waals surface area contributed by atoms with Crippen LogP contribution in [0.3, 0.4) is 0 Å². The summed E-state index contributed by atoms with van der Waals surface area (Å²) in [7, 11) is 0. The van der Waals surface area contributed by atoms with Crippen molar-refractivity contribution in [3.8, 4) is 0 Å². The Bertz CT molecular complexity index is 1110.